The first-order valence-corrected chi connectivity index (χ1v) is 3.54. The minimum absolute atomic E-state index is 0.272. The molecule has 90 valence electrons. The van der Waals surface area contributed by atoms with Gasteiger partial charge in [-0.2, -0.15) is 26.3 Å². The number of hydrogen-bond donors (Lipinski definition) is 1. The molecule has 0 unspecified atom stereocenters. The number of hydrogen-bond acceptors (Lipinski definition) is 2. The quantitative estimate of drug-likeness (QED) is 0.777. The summed E-state index contributed by atoms with van der Waals surface area (Å²) in [6.07, 6.45) is -11.1. The molecular formula is C7H2F6O3. The van der Waals surface area contributed by atoms with Crippen molar-refractivity contribution in [1.29, 1.82) is 0 Å². The molecule has 0 fully saturated rings. The van der Waals surface area contributed by atoms with Crippen LogP contribution in [0.15, 0.2) is 10.7 Å². The van der Waals surface area contributed by atoms with Crippen LogP contribution in [0.4, 0.5) is 26.3 Å². The van der Waals surface area contributed by atoms with Crippen molar-refractivity contribution < 1.29 is 40.7 Å². The van der Waals surface area contributed by atoms with E-state index in [1.807, 2.05) is 0 Å². The molecule has 0 aliphatic heterocycles. The number of furan rings is 1. The summed E-state index contributed by atoms with van der Waals surface area (Å²) in [4.78, 5) is 10.2. The van der Waals surface area contributed by atoms with Crippen LogP contribution in [-0.4, -0.2) is 11.1 Å². The lowest BCUT2D eigenvalue weighted by Crippen LogP contribution is -2.17. The second kappa shape index (κ2) is 3.42. The Bertz CT molecular complexity index is 413. The highest BCUT2D eigenvalue weighted by Crippen LogP contribution is 2.43. The average Bonchev–Trinajstić information content (AvgIpc) is 2.43. The van der Waals surface area contributed by atoms with E-state index in [1.165, 1.54) is 0 Å². The lowest BCUT2D eigenvalue weighted by molar-refractivity contribution is -0.161. The standard InChI is InChI=1S/C7H2F6O3/c8-6(9,10)2-1-16-4(5(14)15)3(2)7(11,12)13/h1H,(H,14,15). The summed E-state index contributed by atoms with van der Waals surface area (Å²) in [6, 6.07) is 0. The van der Waals surface area contributed by atoms with Crippen molar-refractivity contribution in [1.82, 2.24) is 0 Å². The summed E-state index contributed by atoms with van der Waals surface area (Å²) < 4.78 is 76.7. The van der Waals surface area contributed by atoms with E-state index in [0.29, 0.717) is 0 Å². The van der Waals surface area contributed by atoms with Crippen molar-refractivity contribution >= 4 is 5.97 Å². The summed E-state index contributed by atoms with van der Waals surface area (Å²) in [7, 11) is 0. The number of rotatable bonds is 1. The lowest BCUT2D eigenvalue weighted by atomic mass is 10.1. The molecule has 0 saturated heterocycles. The van der Waals surface area contributed by atoms with Gasteiger partial charge in [-0.3, -0.25) is 0 Å². The number of halogens is 6. The molecule has 1 N–H and O–H groups in total. The molecule has 16 heavy (non-hydrogen) atoms. The molecule has 0 aliphatic carbocycles. The third-order valence-corrected chi connectivity index (χ3v) is 1.57. The van der Waals surface area contributed by atoms with Crippen LogP contribution in [0.25, 0.3) is 0 Å². The normalized spacial score (nSPS) is 12.9. The first-order chi connectivity index (χ1) is 7.05. The molecular weight excluding hydrogens is 246 g/mol. The molecule has 0 atom stereocenters. The third kappa shape index (κ3) is 2.12. The van der Waals surface area contributed by atoms with E-state index in [-0.39, 0.29) is 6.26 Å². The van der Waals surface area contributed by atoms with E-state index in [9.17, 15) is 31.1 Å². The highest BCUT2D eigenvalue weighted by atomic mass is 19.4. The van der Waals surface area contributed by atoms with Crippen LogP contribution in [0.1, 0.15) is 21.7 Å². The zero-order chi connectivity index (χ0) is 12.7. The Balaban J connectivity index is 3.50. The lowest BCUT2D eigenvalue weighted by Gasteiger charge is -2.10. The molecule has 3 nitrogen and oxygen atoms in total. The maximum atomic E-state index is 12.2. The summed E-state index contributed by atoms with van der Waals surface area (Å²) in [5.41, 5.74) is -4.48. The fourth-order valence-electron chi connectivity index (χ4n) is 1.01. The first kappa shape index (κ1) is 12.4. The predicted octanol–water partition coefficient (Wildman–Crippen LogP) is 3.02. The monoisotopic (exact) mass is 248 g/mol. The Morgan fingerprint density at radius 2 is 1.62 bits per heavy atom. The fourth-order valence-corrected chi connectivity index (χ4v) is 1.01. The molecule has 0 bridgehead atoms. The Labute approximate surface area is 83.3 Å². The summed E-state index contributed by atoms with van der Waals surface area (Å²) in [5, 5.41) is 8.25. The van der Waals surface area contributed by atoms with Gasteiger partial charge in [-0.25, -0.2) is 4.79 Å². The van der Waals surface area contributed by atoms with E-state index in [2.05, 4.69) is 4.42 Å². The summed E-state index contributed by atoms with van der Waals surface area (Å²) >= 11 is 0. The molecule has 0 aliphatic rings. The van der Waals surface area contributed by atoms with Gasteiger partial charge in [0.05, 0.1) is 0 Å². The summed E-state index contributed by atoms with van der Waals surface area (Å²) in [5.74, 6) is -4.00. The average molecular weight is 248 g/mol. The zero-order valence-electron chi connectivity index (χ0n) is 7.11. The van der Waals surface area contributed by atoms with Gasteiger partial charge in [0.25, 0.3) is 0 Å². The SMILES string of the molecule is O=C(O)c1occ(C(F)(F)F)c1C(F)(F)F. The van der Waals surface area contributed by atoms with E-state index in [1.54, 1.807) is 0 Å². The molecule has 0 amide bonds. The number of carboxylic acids is 1. The highest BCUT2D eigenvalue weighted by Gasteiger charge is 2.48. The van der Waals surface area contributed by atoms with Gasteiger partial charge < -0.3 is 9.52 Å². The minimum Gasteiger partial charge on any atom is -0.475 e. The van der Waals surface area contributed by atoms with Crippen molar-refractivity contribution in [2.24, 2.45) is 0 Å². The molecule has 1 rings (SSSR count). The van der Waals surface area contributed by atoms with E-state index >= 15 is 0 Å². The van der Waals surface area contributed by atoms with Gasteiger partial charge in [0.2, 0.25) is 5.76 Å². The van der Waals surface area contributed by atoms with Crippen molar-refractivity contribution in [3.63, 3.8) is 0 Å². The van der Waals surface area contributed by atoms with E-state index in [4.69, 9.17) is 5.11 Å². The molecule has 0 saturated carbocycles. The van der Waals surface area contributed by atoms with Gasteiger partial charge in [0.15, 0.2) is 0 Å². The number of carbonyl (C=O) groups is 1. The molecule has 1 aromatic rings. The molecule has 9 heteroatoms. The van der Waals surface area contributed by atoms with Gasteiger partial charge in [-0.15, -0.1) is 0 Å². The van der Waals surface area contributed by atoms with Crippen molar-refractivity contribution in [2.45, 2.75) is 12.4 Å². The van der Waals surface area contributed by atoms with E-state index in [0.717, 1.165) is 0 Å². The van der Waals surface area contributed by atoms with Crippen LogP contribution in [0.5, 0.6) is 0 Å². The van der Waals surface area contributed by atoms with Crippen LogP contribution in [0.2, 0.25) is 0 Å². The van der Waals surface area contributed by atoms with Crippen LogP contribution in [-0.2, 0) is 12.4 Å². The molecule has 0 aromatic carbocycles. The highest BCUT2D eigenvalue weighted by molar-refractivity contribution is 5.87. The van der Waals surface area contributed by atoms with Crippen LogP contribution in [0, 0.1) is 0 Å². The second-order valence-electron chi connectivity index (χ2n) is 2.65. The van der Waals surface area contributed by atoms with Crippen LogP contribution < -0.4 is 0 Å². The molecule has 0 spiro atoms. The van der Waals surface area contributed by atoms with Gasteiger partial charge in [-0.05, 0) is 0 Å². The minimum atomic E-state index is -5.45. The van der Waals surface area contributed by atoms with Crippen LogP contribution in [0.3, 0.4) is 0 Å². The summed E-state index contributed by atoms with van der Waals surface area (Å²) in [6.45, 7) is 0. The molecule has 1 aromatic heterocycles. The maximum Gasteiger partial charge on any atom is 0.420 e. The Morgan fingerprint density at radius 1 is 1.12 bits per heavy atom. The van der Waals surface area contributed by atoms with Gasteiger partial charge in [0.1, 0.15) is 17.4 Å². The molecule has 0 radical (unpaired) electrons. The topological polar surface area (TPSA) is 50.4 Å². The Morgan fingerprint density at radius 3 is 1.94 bits per heavy atom. The van der Waals surface area contributed by atoms with Gasteiger partial charge >= 0.3 is 18.3 Å². The Hall–Kier alpha value is -1.67. The van der Waals surface area contributed by atoms with Gasteiger partial charge in [-0.1, -0.05) is 0 Å². The van der Waals surface area contributed by atoms with Crippen LogP contribution >= 0.6 is 0 Å². The maximum absolute atomic E-state index is 12.2. The number of carboxylic acid groups (broad SMARTS) is 1. The zero-order valence-corrected chi connectivity index (χ0v) is 7.11. The second-order valence-corrected chi connectivity index (χ2v) is 2.65. The van der Waals surface area contributed by atoms with Gasteiger partial charge in [0, 0.05) is 0 Å². The number of alkyl halides is 6. The largest absolute Gasteiger partial charge is 0.475 e. The first-order valence-electron chi connectivity index (χ1n) is 3.54. The fraction of sp³-hybridized carbons (Fsp3) is 0.286. The Kier molecular flexibility index (Phi) is 2.65. The molecule has 1 heterocycles. The smallest absolute Gasteiger partial charge is 0.420 e. The third-order valence-electron chi connectivity index (χ3n) is 1.57. The predicted molar refractivity (Wildman–Crippen MR) is 35.7 cm³/mol. The van der Waals surface area contributed by atoms with E-state index < -0.39 is 35.2 Å². The van der Waals surface area contributed by atoms with Crippen molar-refractivity contribution in [3.8, 4) is 0 Å². The van der Waals surface area contributed by atoms with Crippen molar-refractivity contribution in [2.75, 3.05) is 0 Å². The number of aromatic carboxylic acids is 1. The van der Waals surface area contributed by atoms with Crippen molar-refractivity contribution in [3.05, 3.63) is 23.2 Å².